The van der Waals surface area contributed by atoms with E-state index < -0.39 is 0 Å². The molecule has 1 aromatic rings. The fraction of sp³-hybridized carbons (Fsp3) is 0.556. The highest BCUT2D eigenvalue weighted by Crippen LogP contribution is 2.10. The SMILES string of the molecule is Cc1ncsc1C(=O)NCCN(C)C. The minimum atomic E-state index is -0.0214. The minimum absolute atomic E-state index is 0.0214. The molecule has 0 aliphatic carbocycles. The maximum absolute atomic E-state index is 11.5. The van der Waals surface area contributed by atoms with Gasteiger partial charge in [0.15, 0.2) is 0 Å². The van der Waals surface area contributed by atoms with Crippen molar-refractivity contribution in [1.82, 2.24) is 15.2 Å². The number of nitrogens with one attached hydrogen (secondary N) is 1. The van der Waals surface area contributed by atoms with E-state index in [1.807, 2.05) is 25.9 Å². The summed E-state index contributed by atoms with van der Waals surface area (Å²) in [5.74, 6) is -0.0214. The van der Waals surface area contributed by atoms with Gasteiger partial charge in [-0.15, -0.1) is 11.3 Å². The van der Waals surface area contributed by atoms with E-state index in [-0.39, 0.29) is 5.91 Å². The lowest BCUT2D eigenvalue weighted by molar-refractivity contribution is 0.0954. The van der Waals surface area contributed by atoms with Crippen LogP contribution in [0.15, 0.2) is 5.51 Å². The standard InChI is InChI=1S/C9H15N3OS/c1-7-8(14-6-11-7)9(13)10-4-5-12(2)3/h6H,4-5H2,1-3H3,(H,10,13). The van der Waals surface area contributed by atoms with Gasteiger partial charge in [0, 0.05) is 13.1 Å². The molecule has 0 aromatic carbocycles. The molecular weight excluding hydrogens is 198 g/mol. The number of aryl methyl sites for hydroxylation is 1. The molecule has 0 unspecified atom stereocenters. The van der Waals surface area contributed by atoms with E-state index in [1.165, 1.54) is 11.3 Å². The van der Waals surface area contributed by atoms with Crippen LogP contribution in [0, 0.1) is 6.92 Å². The molecule has 1 heterocycles. The molecule has 0 atom stereocenters. The summed E-state index contributed by atoms with van der Waals surface area (Å²) in [4.78, 5) is 18.3. The van der Waals surface area contributed by atoms with Crippen LogP contribution < -0.4 is 5.32 Å². The van der Waals surface area contributed by atoms with Crippen LogP contribution in [0.5, 0.6) is 0 Å². The van der Waals surface area contributed by atoms with E-state index >= 15 is 0 Å². The second-order valence-electron chi connectivity index (χ2n) is 3.33. The number of hydrogen-bond donors (Lipinski definition) is 1. The Balaban J connectivity index is 2.40. The molecule has 1 amide bonds. The molecule has 0 saturated heterocycles. The maximum atomic E-state index is 11.5. The van der Waals surface area contributed by atoms with Crippen LogP contribution in [0.1, 0.15) is 15.4 Å². The second kappa shape index (κ2) is 5.07. The summed E-state index contributed by atoms with van der Waals surface area (Å²) in [6.45, 7) is 3.37. The van der Waals surface area contributed by atoms with Crippen molar-refractivity contribution in [2.45, 2.75) is 6.92 Å². The van der Waals surface area contributed by atoms with Gasteiger partial charge in [0.2, 0.25) is 0 Å². The van der Waals surface area contributed by atoms with E-state index in [0.29, 0.717) is 11.4 Å². The Kier molecular flexibility index (Phi) is 4.03. The summed E-state index contributed by atoms with van der Waals surface area (Å²) in [5.41, 5.74) is 2.49. The molecule has 0 aliphatic heterocycles. The number of thiazole rings is 1. The minimum Gasteiger partial charge on any atom is -0.350 e. The Morgan fingerprint density at radius 3 is 2.86 bits per heavy atom. The van der Waals surface area contributed by atoms with Crippen LogP contribution in [0.4, 0.5) is 0 Å². The number of carbonyl (C=O) groups excluding carboxylic acids is 1. The molecule has 0 spiro atoms. The van der Waals surface area contributed by atoms with Crippen LogP contribution in [0.2, 0.25) is 0 Å². The summed E-state index contributed by atoms with van der Waals surface area (Å²) in [5, 5.41) is 2.85. The Morgan fingerprint density at radius 1 is 1.64 bits per heavy atom. The molecule has 0 saturated carbocycles. The van der Waals surface area contributed by atoms with Gasteiger partial charge in [-0.1, -0.05) is 0 Å². The lowest BCUT2D eigenvalue weighted by Gasteiger charge is -2.09. The Hall–Kier alpha value is -0.940. The summed E-state index contributed by atoms with van der Waals surface area (Å²) in [6.07, 6.45) is 0. The van der Waals surface area contributed by atoms with Crippen molar-refractivity contribution < 1.29 is 4.79 Å². The third-order valence-electron chi connectivity index (χ3n) is 1.80. The van der Waals surface area contributed by atoms with Crippen molar-refractivity contribution in [2.75, 3.05) is 27.2 Å². The summed E-state index contributed by atoms with van der Waals surface area (Å²) >= 11 is 1.38. The lowest BCUT2D eigenvalue weighted by Crippen LogP contribution is -2.31. The number of likely N-dealkylation sites (N-methyl/N-ethyl adjacent to an activating group) is 1. The van der Waals surface area contributed by atoms with Crippen molar-refractivity contribution in [2.24, 2.45) is 0 Å². The number of amides is 1. The van der Waals surface area contributed by atoms with Gasteiger partial charge in [-0.05, 0) is 21.0 Å². The zero-order valence-electron chi connectivity index (χ0n) is 8.70. The fourth-order valence-electron chi connectivity index (χ4n) is 0.993. The van der Waals surface area contributed by atoms with E-state index in [4.69, 9.17) is 0 Å². The van der Waals surface area contributed by atoms with Crippen LogP contribution in [-0.2, 0) is 0 Å². The molecule has 0 radical (unpaired) electrons. The van der Waals surface area contributed by atoms with E-state index in [2.05, 4.69) is 10.3 Å². The quantitative estimate of drug-likeness (QED) is 0.802. The number of rotatable bonds is 4. The van der Waals surface area contributed by atoms with E-state index in [0.717, 1.165) is 12.2 Å². The molecular formula is C9H15N3OS. The first-order valence-electron chi connectivity index (χ1n) is 4.44. The Morgan fingerprint density at radius 2 is 2.36 bits per heavy atom. The highest BCUT2D eigenvalue weighted by atomic mass is 32.1. The van der Waals surface area contributed by atoms with Crippen LogP contribution in [0.25, 0.3) is 0 Å². The van der Waals surface area contributed by atoms with Gasteiger partial charge in [-0.25, -0.2) is 4.98 Å². The monoisotopic (exact) mass is 213 g/mol. The molecule has 0 bridgehead atoms. The first kappa shape index (κ1) is 11.1. The van der Waals surface area contributed by atoms with Crippen LogP contribution >= 0.6 is 11.3 Å². The average molecular weight is 213 g/mol. The highest BCUT2D eigenvalue weighted by molar-refractivity contribution is 7.11. The zero-order valence-corrected chi connectivity index (χ0v) is 9.52. The van der Waals surface area contributed by atoms with E-state index in [9.17, 15) is 4.79 Å². The molecule has 1 rings (SSSR count). The predicted octanol–water partition coefficient (Wildman–Crippen LogP) is 0.743. The summed E-state index contributed by atoms with van der Waals surface area (Å²) in [7, 11) is 3.95. The smallest absolute Gasteiger partial charge is 0.263 e. The number of aromatic nitrogens is 1. The highest BCUT2D eigenvalue weighted by Gasteiger charge is 2.10. The summed E-state index contributed by atoms with van der Waals surface area (Å²) in [6, 6.07) is 0. The van der Waals surface area contributed by atoms with Gasteiger partial charge in [0.1, 0.15) is 4.88 Å². The largest absolute Gasteiger partial charge is 0.350 e. The normalized spacial score (nSPS) is 10.6. The number of hydrogen-bond acceptors (Lipinski definition) is 4. The molecule has 0 fully saturated rings. The fourth-order valence-corrected chi connectivity index (χ4v) is 1.71. The molecule has 0 aliphatic rings. The van der Waals surface area contributed by atoms with Gasteiger partial charge < -0.3 is 10.2 Å². The van der Waals surface area contributed by atoms with Gasteiger partial charge >= 0.3 is 0 Å². The summed E-state index contributed by atoms with van der Waals surface area (Å²) < 4.78 is 0. The number of carbonyl (C=O) groups is 1. The van der Waals surface area contributed by atoms with Crippen molar-refractivity contribution in [1.29, 1.82) is 0 Å². The van der Waals surface area contributed by atoms with Gasteiger partial charge in [0.25, 0.3) is 5.91 Å². The first-order chi connectivity index (χ1) is 6.61. The van der Waals surface area contributed by atoms with Crippen molar-refractivity contribution in [3.05, 3.63) is 16.1 Å². The first-order valence-corrected chi connectivity index (χ1v) is 5.32. The van der Waals surface area contributed by atoms with Crippen molar-refractivity contribution >= 4 is 17.2 Å². The molecule has 5 heteroatoms. The van der Waals surface area contributed by atoms with Gasteiger partial charge in [0.05, 0.1) is 11.2 Å². The molecule has 1 N–H and O–H groups in total. The van der Waals surface area contributed by atoms with Gasteiger partial charge in [-0.3, -0.25) is 4.79 Å². The van der Waals surface area contributed by atoms with E-state index in [1.54, 1.807) is 5.51 Å². The van der Waals surface area contributed by atoms with Crippen molar-refractivity contribution in [3.8, 4) is 0 Å². The lowest BCUT2D eigenvalue weighted by atomic mass is 10.4. The zero-order chi connectivity index (χ0) is 10.6. The average Bonchev–Trinajstić information content (AvgIpc) is 2.50. The van der Waals surface area contributed by atoms with Gasteiger partial charge in [-0.2, -0.15) is 0 Å². The molecule has 1 aromatic heterocycles. The van der Waals surface area contributed by atoms with Crippen LogP contribution in [-0.4, -0.2) is 43.0 Å². The number of nitrogens with zero attached hydrogens (tertiary/aromatic N) is 2. The van der Waals surface area contributed by atoms with Crippen LogP contribution in [0.3, 0.4) is 0 Å². The maximum Gasteiger partial charge on any atom is 0.263 e. The third kappa shape index (κ3) is 3.08. The Bertz CT molecular complexity index is 309. The Labute approximate surface area is 88.0 Å². The molecule has 14 heavy (non-hydrogen) atoms. The topological polar surface area (TPSA) is 45.2 Å². The molecule has 4 nitrogen and oxygen atoms in total. The van der Waals surface area contributed by atoms with Crippen molar-refractivity contribution in [3.63, 3.8) is 0 Å². The third-order valence-corrected chi connectivity index (χ3v) is 2.72. The predicted molar refractivity (Wildman–Crippen MR) is 57.7 cm³/mol. The second-order valence-corrected chi connectivity index (χ2v) is 4.18. The molecule has 78 valence electrons.